The quantitative estimate of drug-likeness (QED) is 0.115. The van der Waals surface area contributed by atoms with Gasteiger partial charge in [0.1, 0.15) is 0 Å². The molecule has 48 heavy (non-hydrogen) atoms. The van der Waals surface area contributed by atoms with Gasteiger partial charge in [-0.1, -0.05) is 18.2 Å². The summed E-state index contributed by atoms with van der Waals surface area (Å²) in [4.78, 5) is -1.77. The molecule has 0 fully saturated rings. The Morgan fingerprint density at radius 2 is 0.604 bits per heavy atom. The second-order valence-electron chi connectivity index (χ2n) is 8.61. The molecule has 1 rings (SSSR count). The van der Waals surface area contributed by atoms with Gasteiger partial charge in [-0.15, -0.1) is 0 Å². The zero-order chi connectivity index (χ0) is 38.3. The molecule has 0 unspecified atom stereocenters. The molecule has 3 nitrogen and oxygen atoms in total. The van der Waals surface area contributed by atoms with Crippen LogP contribution >= 0.6 is 0 Å². The fourth-order valence-electron chi connectivity index (χ4n) is 2.76. The van der Waals surface area contributed by atoms with Gasteiger partial charge in [0.25, 0.3) is 0 Å². The van der Waals surface area contributed by atoms with Crippen molar-refractivity contribution in [1.82, 2.24) is 0 Å². The van der Waals surface area contributed by atoms with E-state index in [0.717, 1.165) is 6.07 Å². The number of hydrogen-bond acceptors (Lipinski definition) is 3. The van der Waals surface area contributed by atoms with Crippen LogP contribution in [0.15, 0.2) is 35.2 Å². The summed E-state index contributed by atoms with van der Waals surface area (Å²) in [6.45, 7) is 0. The molecular formula is C18H6F25NaO3S. The van der Waals surface area contributed by atoms with Crippen LogP contribution < -0.4 is 0 Å². The van der Waals surface area contributed by atoms with Gasteiger partial charge in [-0.2, -0.15) is 122 Å². The molecule has 0 amide bonds. The summed E-state index contributed by atoms with van der Waals surface area (Å²) < 4.78 is 361. The molecule has 0 atom stereocenters. The molecule has 278 valence electrons. The van der Waals surface area contributed by atoms with Gasteiger partial charge in [-0.3, -0.25) is 0 Å². The van der Waals surface area contributed by atoms with Crippen molar-refractivity contribution in [3.63, 3.8) is 0 Å². The first-order chi connectivity index (χ1) is 20.1. The van der Waals surface area contributed by atoms with Gasteiger partial charge >= 0.3 is 111 Å². The summed E-state index contributed by atoms with van der Waals surface area (Å²) >= 11 is 0. The van der Waals surface area contributed by atoms with E-state index in [1.54, 1.807) is 0 Å². The molecule has 0 aromatic heterocycles. The molecule has 30 heteroatoms. The van der Waals surface area contributed by atoms with Gasteiger partial charge in [0, 0.05) is 0 Å². The van der Waals surface area contributed by atoms with E-state index in [9.17, 15) is 118 Å². The maximum atomic E-state index is 13.9. The van der Waals surface area contributed by atoms with E-state index < -0.39 is 86.5 Å². The van der Waals surface area contributed by atoms with E-state index >= 15 is 0 Å². The summed E-state index contributed by atoms with van der Waals surface area (Å²) in [6.07, 6.45) is -16.1. The summed E-state index contributed by atoms with van der Waals surface area (Å²) in [5.74, 6) is -93.5. The molecule has 0 saturated heterocycles. The third-order valence-corrected chi connectivity index (χ3v) is 6.80. The molecule has 0 aliphatic rings. The Labute approximate surface area is 268 Å². The Bertz CT molecular complexity index is 1400. The minimum absolute atomic E-state index is 0. The molecule has 0 heterocycles. The van der Waals surface area contributed by atoms with Gasteiger partial charge < -0.3 is 0 Å². The second-order valence-corrected chi connectivity index (χ2v) is 10.2. The molecule has 1 aromatic carbocycles. The van der Waals surface area contributed by atoms with Gasteiger partial charge in [-0.25, -0.2) is 0 Å². The number of halogens is 25. The van der Waals surface area contributed by atoms with Crippen LogP contribution in [0.3, 0.4) is 0 Å². The summed E-state index contributed by atoms with van der Waals surface area (Å²) in [7, 11) is -6.63. The Hall–Kier alpha value is -1.62. The second kappa shape index (κ2) is 12.3. The topological polar surface area (TPSA) is 43.4 Å². The van der Waals surface area contributed by atoms with Gasteiger partial charge in [0.2, 0.25) is 0 Å². The van der Waals surface area contributed by atoms with Crippen LogP contribution in [0.5, 0.6) is 0 Å². The van der Waals surface area contributed by atoms with Crippen LogP contribution in [0.25, 0.3) is 0 Å². The number of benzene rings is 1. The van der Waals surface area contributed by atoms with Crippen LogP contribution in [-0.4, -0.2) is 109 Å². The van der Waals surface area contributed by atoms with Crippen molar-refractivity contribution in [2.75, 3.05) is 0 Å². The Balaban J connectivity index is 0.0000221. The van der Waals surface area contributed by atoms with Gasteiger partial charge in [0.05, 0.1) is 4.90 Å². The van der Waals surface area contributed by atoms with E-state index in [2.05, 4.69) is 4.18 Å². The van der Waals surface area contributed by atoms with Crippen LogP contribution in [0.4, 0.5) is 110 Å². The predicted molar refractivity (Wildman–Crippen MR) is 102 cm³/mol. The maximum absolute atomic E-state index is 13.9. The van der Waals surface area contributed by atoms with E-state index in [4.69, 9.17) is 0 Å². The monoisotopic (exact) mass is 800 g/mol. The van der Waals surface area contributed by atoms with E-state index in [-0.39, 0.29) is 41.7 Å². The Morgan fingerprint density at radius 3 is 0.854 bits per heavy atom. The Morgan fingerprint density at radius 1 is 0.375 bits per heavy atom. The first-order valence-corrected chi connectivity index (χ1v) is 11.7. The normalized spacial score (nSPS) is 16.1. The molecule has 1 aromatic rings. The zero-order valence-corrected chi connectivity index (χ0v) is 21.3. The van der Waals surface area contributed by atoms with Crippen LogP contribution in [0, 0.1) is 0 Å². The van der Waals surface area contributed by atoms with Crippen LogP contribution in [-0.2, 0) is 14.3 Å². The molecular weight excluding hydrogens is 794 g/mol. The van der Waals surface area contributed by atoms with Crippen molar-refractivity contribution >= 4 is 39.7 Å². The van der Waals surface area contributed by atoms with Crippen LogP contribution in [0.1, 0.15) is 0 Å². The predicted octanol–water partition coefficient (Wildman–Crippen LogP) is 8.25. The van der Waals surface area contributed by atoms with Crippen LogP contribution in [0.2, 0.25) is 0 Å². The Kier molecular flexibility index (Phi) is 11.8. The number of rotatable bonds is 13. The van der Waals surface area contributed by atoms with Crippen molar-refractivity contribution in [1.29, 1.82) is 0 Å². The molecule has 0 N–H and O–H groups in total. The minimum atomic E-state index is -9.73. The average molecular weight is 800 g/mol. The van der Waals surface area contributed by atoms with Gasteiger partial charge in [0.15, 0.2) is 0 Å². The molecule has 0 spiro atoms. The molecule has 0 aliphatic carbocycles. The first-order valence-electron chi connectivity index (χ1n) is 10.3. The fraction of sp³-hybridized carbons (Fsp3) is 0.667. The summed E-state index contributed by atoms with van der Waals surface area (Å²) in [6, 6.07) is 2.06. The number of hydrogen-bond donors (Lipinski definition) is 0. The van der Waals surface area contributed by atoms with E-state index in [1.165, 1.54) is 0 Å². The van der Waals surface area contributed by atoms with Crippen molar-refractivity contribution < 1.29 is 122 Å². The molecule has 0 saturated carbocycles. The van der Waals surface area contributed by atoms with Crippen molar-refractivity contribution in [3.05, 3.63) is 30.3 Å². The van der Waals surface area contributed by atoms with Crippen molar-refractivity contribution in [2.45, 2.75) is 76.4 Å². The van der Waals surface area contributed by atoms with E-state index in [1.807, 2.05) is 0 Å². The first kappa shape index (κ1) is 46.4. The third-order valence-electron chi connectivity index (χ3n) is 5.52. The molecule has 0 bridgehead atoms. The standard InChI is InChI=1S/C18H5F25O3S.Na.H/c19-7(20,9(23,24)11(27,28)13(31,32)15(35,36)17(39,40)41)8(21,22)10(25,26)12(29,30)14(33,34)16(37,38)18(42,43)46-47(44,45)6-4-2-1-3-5-6;;/h1-5H;;. The summed E-state index contributed by atoms with van der Waals surface area (Å²) in [5.41, 5.74) is 0. The SMILES string of the molecule is O=S(=O)(OC(F)(F)C(F)(F)C(F)(F)C(F)(F)C(F)(F)C(F)(F)C(F)(F)C(F)(F)C(F)(F)C(F)(F)C(F)(F)C(F)(F)F)c1ccccc1.[NaH]. The van der Waals surface area contributed by atoms with Crippen molar-refractivity contribution in [2.24, 2.45) is 0 Å². The number of alkyl halides is 25. The van der Waals surface area contributed by atoms with Crippen molar-refractivity contribution in [3.8, 4) is 0 Å². The zero-order valence-electron chi connectivity index (χ0n) is 20.5. The van der Waals surface area contributed by atoms with E-state index in [0.29, 0.717) is 12.1 Å². The average Bonchev–Trinajstić information content (AvgIpc) is 2.86. The molecule has 0 aliphatic heterocycles. The molecule has 0 radical (unpaired) electrons. The third kappa shape index (κ3) is 6.06. The fourth-order valence-corrected chi connectivity index (χ4v) is 3.73. The summed E-state index contributed by atoms with van der Waals surface area (Å²) in [5, 5.41) is 0. The van der Waals surface area contributed by atoms with Gasteiger partial charge in [-0.05, 0) is 12.1 Å².